The minimum Gasteiger partial charge on any atom is -0.494 e. The molecular formula is C30H41N5O4. The summed E-state index contributed by atoms with van der Waals surface area (Å²) in [5.41, 5.74) is 4.99. The summed E-state index contributed by atoms with van der Waals surface area (Å²) < 4.78 is 5.88. The van der Waals surface area contributed by atoms with Gasteiger partial charge >= 0.3 is 0 Å². The summed E-state index contributed by atoms with van der Waals surface area (Å²) in [6.45, 7) is 8.15. The first-order valence-corrected chi connectivity index (χ1v) is 13.4. The Labute approximate surface area is 231 Å². The van der Waals surface area contributed by atoms with Gasteiger partial charge < -0.3 is 29.9 Å². The SMILES string of the molecule is CNC(=O)c1cc2c(cc1N(C)C)CN(CC(=O)c1cc(N3CCC(O)CC3)c(OC)c(C(C)(C)C)c1)C2=N. The summed E-state index contributed by atoms with van der Waals surface area (Å²) in [6, 6.07) is 7.51. The van der Waals surface area contributed by atoms with Crippen molar-refractivity contribution in [1.29, 1.82) is 5.41 Å². The molecule has 9 heteroatoms. The average molecular weight is 536 g/mol. The van der Waals surface area contributed by atoms with E-state index in [4.69, 9.17) is 10.1 Å². The first-order valence-electron chi connectivity index (χ1n) is 13.4. The molecule has 2 aromatic rings. The molecule has 0 radical (unpaired) electrons. The van der Waals surface area contributed by atoms with Crippen LogP contribution in [-0.4, -0.2) is 81.5 Å². The van der Waals surface area contributed by atoms with E-state index >= 15 is 0 Å². The summed E-state index contributed by atoms with van der Waals surface area (Å²) in [4.78, 5) is 32.1. The van der Waals surface area contributed by atoms with Crippen LogP contribution in [0.25, 0.3) is 0 Å². The Balaban J connectivity index is 1.66. The number of ketones is 1. The highest BCUT2D eigenvalue weighted by molar-refractivity contribution is 6.08. The van der Waals surface area contributed by atoms with Crippen molar-refractivity contribution in [2.45, 2.75) is 51.7 Å². The molecule has 2 heterocycles. The normalized spacial score (nSPS) is 15.8. The van der Waals surface area contributed by atoms with Crippen LogP contribution in [-0.2, 0) is 12.0 Å². The molecule has 1 fully saturated rings. The molecule has 0 aliphatic carbocycles. The van der Waals surface area contributed by atoms with Crippen molar-refractivity contribution < 1.29 is 19.4 Å². The lowest BCUT2D eigenvalue weighted by atomic mass is 9.84. The number of hydrogen-bond acceptors (Lipinski definition) is 7. The largest absolute Gasteiger partial charge is 0.494 e. The van der Waals surface area contributed by atoms with E-state index in [9.17, 15) is 14.7 Å². The summed E-state index contributed by atoms with van der Waals surface area (Å²) in [7, 11) is 7.01. The highest BCUT2D eigenvalue weighted by atomic mass is 16.5. The van der Waals surface area contributed by atoms with Crippen LogP contribution in [0.5, 0.6) is 5.75 Å². The lowest BCUT2D eigenvalue weighted by Gasteiger charge is -2.35. The third kappa shape index (κ3) is 5.59. The van der Waals surface area contributed by atoms with Gasteiger partial charge in [-0.1, -0.05) is 20.8 Å². The van der Waals surface area contributed by atoms with Crippen LogP contribution in [0.4, 0.5) is 11.4 Å². The Morgan fingerprint density at radius 1 is 1.15 bits per heavy atom. The molecular weight excluding hydrogens is 494 g/mol. The molecule has 9 nitrogen and oxygen atoms in total. The van der Waals surface area contributed by atoms with E-state index in [1.54, 1.807) is 25.1 Å². The molecule has 0 spiro atoms. The molecule has 1 amide bonds. The van der Waals surface area contributed by atoms with Gasteiger partial charge in [-0.05, 0) is 48.1 Å². The van der Waals surface area contributed by atoms with Crippen molar-refractivity contribution in [2.75, 3.05) is 57.7 Å². The fourth-order valence-corrected chi connectivity index (χ4v) is 5.41. The second kappa shape index (κ2) is 10.9. The summed E-state index contributed by atoms with van der Waals surface area (Å²) >= 11 is 0. The van der Waals surface area contributed by atoms with Crippen molar-refractivity contribution in [2.24, 2.45) is 0 Å². The Morgan fingerprint density at radius 3 is 2.38 bits per heavy atom. The number of amides is 1. The van der Waals surface area contributed by atoms with Gasteiger partial charge in [0, 0.05) is 63.2 Å². The maximum absolute atomic E-state index is 13.7. The first-order chi connectivity index (χ1) is 18.3. The number of fused-ring (bicyclic) bond motifs is 1. The van der Waals surface area contributed by atoms with E-state index in [0.29, 0.717) is 49.2 Å². The van der Waals surface area contributed by atoms with Crippen molar-refractivity contribution in [3.05, 3.63) is 52.1 Å². The number of benzene rings is 2. The molecule has 210 valence electrons. The van der Waals surface area contributed by atoms with Gasteiger partial charge in [0.05, 0.1) is 31.0 Å². The Kier molecular flexibility index (Phi) is 7.93. The van der Waals surface area contributed by atoms with Crippen LogP contribution >= 0.6 is 0 Å². The molecule has 0 bridgehead atoms. The molecule has 1 saturated heterocycles. The fourth-order valence-electron chi connectivity index (χ4n) is 5.41. The number of nitrogens with one attached hydrogen (secondary N) is 2. The zero-order valence-electron chi connectivity index (χ0n) is 24.1. The summed E-state index contributed by atoms with van der Waals surface area (Å²) in [6.07, 6.45) is 1.03. The molecule has 0 unspecified atom stereocenters. The minimum atomic E-state index is -0.307. The van der Waals surface area contributed by atoms with Gasteiger partial charge in [0.1, 0.15) is 11.6 Å². The van der Waals surface area contributed by atoms with Crippen molar-refractivity contribution in [3.63, 3.8) is 0 Å². The average Bonchev–Trinajstić information content (AvgIpc) is 3.20. The van der Waals surface area contributed by atoms with Crippen molar-refractivity contribution in [1.82, 2.24) is 10.2 Å². The summed E-state index contributed by atoms with van der Waals surface area (Å²) in [5, 5.41) is 21.5. The molecule has 4 rings (SSSR count). The number of piperidine rings is 1. The lowest BCUT2D eigenvalue weighted by Crippen LogP contribution is -2.36. The second-order valence-corrected chi connectivity index (χ2v) is 11.7. The van der Waals surface area contributed by atoms with E-state index in [0.717, 1.165) is 28.3 Å². The molecule has 2 aromatic carbocycles. The number of nitrogens with zero attached hydrogens (tertiary/aromatic N) is 3. The van der Waals surface area contributed by atoms with Crippen LogP contribution in [0.1, 0.15) is 71.0 Å². The van der Waals surface area contributed by atoms with Gasteiger partial charge in [0.25, 0.3) is 5.91 Å². The Hall–Kier alpha value is -3.59. The van der Waals surface area contributed by atoms with E-state index in [1.165, 1.54) is 0 Å². The minimum absolute atomic E-state index is 0.0498. The first kappa shape index (κ1) is 28.4. The van der Waals surface area contributed by atoms with E-state index in [2.05, 4.69) is 31.0 Å². The number of ether oxygens (including phenoxy) is 1. The monoisotopic (exact) mass is 535 g/mol. The molecule has 0 atom stereocenters. The molecule has 0 aromatic heterocycles. The van der Waals surface area contributed by atoms with Gasteiger partial charge in [-0.25, -0.2) is 0 Å². The van der Waals surface area contributed by atoms with E-state index < -0.39 is 0 Å². The predicted molar refractivity (Wildman–Crippen MR) is 155 cm³/mol. The smallest absolute Gasteiger partial charge is 0.253 e. The number of aliphatic hydroxyl groups is 1. The van der Waals surface area contributed by atoms with Crippen molar-refractivity contribution >= 4 is 28.9 Å². The van der Waals surface area contributed by atoms with Gasteiger partial charge in [-0.15, -0.1) is 0 Å². The zero-order valence-corrected chi connectivity index (χ0v) is 24.1. The van der Waals surface area contributed by atoms with Crippen LogP contribution in [0.2, 0.25) is 0 Å². The van der Waals surface area contributed by atoms with Gasteiger partial charge in [-0.2, -0.15) is 0 Å². The zero-order chi connectivity index (χ0) is 28.6. The fraction of sp³-hybridized carbons (Fsp3) is 0.500. The Morgan fingerprint density at radius 2 is 1.82 bits per heavy atom. The number of hydrogen-bond donors (Lipinski definition) is 3. The number of methoxy groups -OCH3 is 1. The van der Waals surface area contributed by atoms with Crippen LogP contribution in [0, 0.1) is 5.41 Å². The third-order valence-corrected chi connectivity index (χ3v) is 7.65. The second-order valence-electron chi connectivity index (χ2n) is 11.7. The molecule has 3 N–H and O–H groups in total. The van der Waals surface area contributed by atoms with Crippen LogP contribution < -0.4 is 19.9 Å². The number of Topliss-reactive ketones (excluding diaryl/α,β-unsaturated/α-hetero) is 1. The molecule has 0 saturated carbocycles. The van der Waals surface area contributed by atoms with Gasteiger partial charge in [0.15, 0.2) is 5.78 Å². The highest BCUT2D eigenvalue weighted by Crippen LogP contribution is 2.41. The number of aliphatic hydroxyl groups excluding tert-OH is 1. The van der Waals surface area contributed by atoms with Crippen LogP contribution in [0.15, 0.2) is 24.3 Å². The maximum atomic E-state index is 13.7. The number of amidine groups is 1. The quantitative estimate of drug-likeness (QED) is 0.466. The molecule has 39 heavy (non-hydrogen) atoms. The molecule has 2 aliphatic heterocycles. The highest BCUT2D eigenvalue weighted by Gasteiger charge is 2.31. The number of carbonyl (C=O) groups excluding carboxylic acids is 2. The van der Waals surface area contributed by atoms with Crippen molar-refractivity contribution in [3.8, 4) is 5.75 Å². The maximum Gasteiger partial charge on any atom is 0.253 e. The van der Waals surface area contributed by atoms with Gasteiger partial charge in [-0.3, -0.25) is 15.0 Å². The standard InChI is InChI=1S/C30H41N5O4/c1-30(2,3)23-12-18(13-25(27(23)39-7)34-10-8-20(36)9-11-34)26(37)17-35-16-19-14-24(33(5)6)22(29(38)32-4)15-21(19)28(35)31/h12-15,20,31,36H,8-11,16-17H2,1-7H3,(H,32,38). The van der Waals surface area contributed by atoms with E-state index in [1.807, 2.05) is 37.2 Å². The van der Waals surface area contributed by atoms with Gasteiger partial charge in [0.2, 0.25) is 0 Å². The van der Waals surface area contributed by atoms with Crippen LogP contribution in [0.3, 0.4) is 0 Å². The van der Waals surface area contributed by atoms with E-state index in [-0.39, 0.29) is 35.6 Å². The summed E-state index contributed by atoms with van der Waals surface area (Å²) in [5.74, 6) is 0.700. The topological polar surface area (TPSA) is 109 Å². The number of anilines is 2. The third-order valence-electron chi connectivity index (χ3n) is 7.65. The number of rotatable bonds is 7. The molecule has 2 aliphatic rings. The lowest BCUT2D eigenvalue weighted by molar-refractivity contribution is 0.0955. The predicted octanol–water partition coefficient (Wildman–Crippen LogP) is 3.40. The Bertz CT molecular complexity index is 1290. The number of carbonyl (C=O) groups is 2.